The SMILES string of the molecule is CSc1nnc(-c2ccncc2)n1NC(=O)/C=C/c1ccc2c(c1)OCO2. The summed E-state index contributed by atoms with van der Waals surface area (Å²) in [6, 6.07) is 9.10. The van der Waals surface area contributed by atoms with Crippen molar-refractivity contribution >= 4 is 23.7 Å². The Kier molecular flexibility index (Phi) is 4.75. The molecule has 2 aromatic heterocycles. The molecule has 27 heavy (non-hydrogen) atoms. The molecule has 0 atom stereocenters. The monoisotopic (exact) mass is 381 g/mol. The highest BCUT2D eigenvalue weighted by molar-refractivity contribution is 7.98. The molecule has 1 amide bonds. The van der Waals surface area contributed by atoms with Crippen LogP contribution in [0.15, 0.2) is 54.0 Å². The summed E-state index contributed by atoms with van der Waals surface area (Å²) in [7, 11) is 0. The Balaban J connectivity index is 1.53. The van der Waals surface area contributed by atoms with E-state index in [1.807, 2.05) is 24.5 Å². The molecule has 0 fully saturated rings. The van der Waals surface area contributed by atoms with Crippen molar-refractivity contribution in [3.05, 3.63) is 54.4 Å². The quantitative estimate of drug-likeness (QED) is 0.536. The van der Waals surface area contributed by atoms with Gasteiger partial charge in [-0.05, 0) is 42.2 Å². The van der Waals surface area contributed by atoms with Gasteiger partial charge in [0.25, 0.3) is 5.91 Å². The fourth-order valence-electron chi connectivity index (χ4n) is 2.53. The van der Waals surface area contributed by atoms with E-state index in [2.05, 4.69) is 20.6 Å². The number of rotatable bonds is 5. The van der Waals surface area contributed by atoms with Crippen LogP contribution < -0.4 is 14.9 Å². The van der Waals surface area contributed by atoms with E-state index >= 15 is 0 Å². The number of aromatic nitrogens is 4. The van der Waals surface area contributed by atoms with Crippen LogP contribution >= 0.6 is 11.8 Å². The molecule has 0 aliphatic carbocycles. The minimum Gasteiger partial charge on any atom is -0.454 e. The Labute approximate surface area is 159 Å². The van der Waals surface area contributed by atoms with Crippen LogP contribution in [0.2, 0.25) is 0 Å². The van der Waals surface area contributed by atoms with Crippen molar-refractivity contribution in [1.29, 1.82) is 0 Å². The van der Waals surface area contributed by atoms with Crippen molar-refractivity contribution in [1.82, 2.24) is 19.9 Å². The Morgan fingerprint density at radius 2 is 2.00 bits per heavy atom. The van der Waals surface area contributed by atoms with Gasteiger partial charge in [0.2, 0.25) is 11.9 Å². The number of carbonyl (C=O) groups excluding carboxylic acids is 1. The molecule has 1 aliphatic heterocycles. The average Bonchev–Trinajstić information content (AvgIpc) is 3.33. The molecule has 8 nitrogen and oxygen atoms in total. The molecule has 1 aliphatic rings. The molecule has 4 rings (SSSR count). The second-order valence-corrected chi connectivity index (χ2v) is 6.28. The molecule has 0 saturated heterocycles. The first-order chi connectivity index (χ1) is 13.2. The molecular weight excluding hydrogens is 366 g/mol. The van der Waals surface area contributed by atoms with E-state index in [0.717, 1.165) is 11.1 Å². The Bertz CT molecular complexity index is 1000. The first-order valence-corrected chi connectivity index (χ1v) is 9.25. The maximum Gasteiger partial charge on any atom is 0.262 e. The highest BCUT2D eigenvalue weighted by Gasteiger charge is 2.15. The van der Waals surface area contributed by atoms with Crippen molar-refractivity contribution in [3.8, 4) is 22.9 Å². The standard InChI is InChI=1S/C18H15N5O3S/c1-27-18-21-20-17(13-6-8-19-9-7-13)23(18)22-16(24)5-3-12-2-4-14-15(10-12)26-11-25-14/h2-10H,11H2,1H3,(H,22,24)/b5-3+. The van der Waals surface area contributed by atoms with Gasteiger partial charge in [-0.1, -0.05) is 17.8 Å². The number of nitrogens with zero attached hydrogens (tertiary/aromatic N) is 4. The lowest BCUT2D eigenvalue weighted by Gasteiger charge is -2.09. The van der Waals surface area contributed by atoms with Gasteiger partial charge in [0.05, 0.1) is 0 Å². The molecule has 1 N–H and O–H groups in total. The molecule has 0 bridgehead atoms. The van der Waals surface area contributed by atoms with Crippen LogP contribution in [0.1, 0.15) is 5.56 Å². The van der Waals surface area contributed by atoms with Gasteiger partial charge < -0.3 is 9.47 Å². The van der Waals surface area contributed by atoms with Crippen LogP contribution in [0, 0.1) is 0 Å². The number of amides is 1. The first-order valence-electron chi connectivity index (χ1n) is 8.03. The molecule has 3 aromatic rings. The summed E-state index contributed by atoms with van der Waals surface area (Å²) in [5.41, 5.74) is 4.43. The van der Waals surface area contributed by atoms with Crippen molar-refractivity contribution in [2.75, 3.05) is 18.5 Å². The summed E-state index contributed by atoms with van der Waals surface area (Å²) in [5, 5.41) is 8.85. The third-order valence-electron chi connectivity index (χ3n) is 3.80. The second-order valence-electron chi connectivity index (χ2n) is 5.50. The predicted molar refractivity (Wildman–Crippen MR) is 101 cm³/mol. The van der Waals surface area contributed by atoms with Crippen molar-refractivity contribution < 1.29 is 14.3 Å². The highest BCUT2D eigenvalue weighted by Crippen LogP contribution is 2.32. The smallest absolute Gasteiger partial charge is 0.262 e. The van der Waals surface area contributed by atoms with Crippen LogP contribution in [0.5, 0.6) is 11.5 Å². The molecule has 0 radical (unpaired) electrons. The minimum atomic E-state index is -0.307. The number of benzene rings is 1. The Hall–Kier alpha value is -3.33. The lowest BCUT2D eigenvalue weighted by atomic mass is 10.2. The fraction of sp³-hybridized carbons (Fsp3) is 0.111. The number of fused-ring (bicyclic) bond motifs is 1. The van der Waals surface area contributed by atoms with Crippen LogP contribution in [-0.2, 0) is 4.79 Å². The highest BCUT2D eigenvalue weighted by atomic mass is 32.2. The minimum absolute atomic E-state index is 0.214. The van der Waals surface area contributed by atoms with Crippen molar-refractivity contribution in [3.63, 3.8) is 0 Å². The number of carbonyl (C=O) groups is 1. The van der Waals surface area contributed by atoms with Crippen LogP contribution in [-0.4, -0.2) is 38.8 Å². The lowest BCUT2D eigenvalue weighted by Crippen LogP contribution is -2.22. The third kappa shape index (κ3) is 3.63. The van der Waals surface area contributed by atoms with Crippen LogP contribution in [0.4, 0.5) is 0 Å². The first kappa shape index (κ1) is 17.1. The second kappa shape index (κ2) is 7.50. The van der Waals surface area contributed by atoms with E-state index in [4.69, 9.17) is 9.47 Å². The number of hydrogen-bond acceptors (Lipinski definition) is 7. The summed E-state index contributed by atoms with van der Waals surface area (Å²) < 4.78 is 12.2. The molecule has 9 heteroatoms. The van der Waals surface area contributed by atoms with Crippen molar-refractivity contribution in [2.45, 2.75) is 5.16 Å². The number of nitrogens with one attached hydrogen (secondary N) is 1. The Morgan fingerprint density at radius 3 is 2.81 bits per heavy atom. The number of hydrogen-bond donors (Lipinski definition) is 1. The topological polar surface area (TPSA) is 91.2 Å². The number of thioether (sulfide) groups is 1. The van der Waals surface area contributed by atoms with E-state index in [9.17, 15) is 4.79 Å². The zero-order valence-electron chi connectivity index (χ0n) is 14.3. The van der Waals surface area contributed by atoms with Gasteiger partial charge in [0, 0.05) is 24.0 Å². The molecule has 1 aromatic carbocycles. The van der Waals surface area contributed by atoms with Gasteiger partial charge >= 0.3 is 0 Å². The molecule has 0 spiro atoms. The molecule has 0 saturated carbocycles. The number of ether oxygens (including phenoxy) is 2. The van der Waals surface area contributed by atoms with Crippen LogP contribution in [0.3, 0.4) is 0 Å². The van der Waals surface area contributed by atoms with Crippen LogP contribution in [0.25, 0.3) is 17.5 Å². The molecular formula is C18H15N5O3S. The van der Waals surface area contributed by atoms with Gasteiger partial charge in [-0.3, -0.25) is 15.2 Å². The molecule has 0 unspecified atom stereocenters. The zero-order chi connectivity index (χ0) is 18.6. The van der Waals surface area contributed by atoms with E-state index in [1.165, 1.54) is 17.8 Å². The average molecular weight is 381 g/mol. The largest absolute Gasteiger partial charge is 0.454 e. The predicted octanol–water partition coefficient (Wildman–Crippen LogP) is 2.57. The normalized spacial score (nSPS) is 12.5. The maximum atomic E-state index is 12.4. The maximum absolute atomic E-state index is 12.4. The van der Waals surface area contributed by atoms with Gasteiger partial charge in [-0.2, -0.15) is 0 Å². The van der Waals surface area contributed by atoms with Gasteiger partial charge in [-0.15, -0.1) is 10.2 Å². The Morgan fingerprint density at radius 1 is 1.19 bits per heavy atom. The lowest BCUT2D eigenvalue weighted by molar-refractivity contribution is -0.112. The van der Waals surface area contributed by atoms with E-state index in [-0.39, 0.29) is 12.7 Å². The summed E-state index contributed by atoms with van der Waals surface area (Å²) >= 11 is 1.39. The number of pyridine rings is 1. The fourth-order valence-corrected chi connectivity index (χ4v) is 2.96. The summed E-state index contributed by atoms with van der Waals surface area (Å²) in [4.78, 5) is 16.4. The van der Waals surface area contributed by atoms with E-state index in [0.29, 0.717) is 22.5 Å². The molecule has 3 heterocycles. The van der Waals surface area contributed by atoms with Gasteiger partial charge in [0.1, 0.15) is 0 Å². The van der Waals surface area contributed by atoms with E-state index in [1.54, 1.807) is 35.3 Å². The van der Waals surface area contributed by atoms with E-state index < -0.39 is 0 Å². The van der Waals surface area contributed by atoms with Gasteiger partial charge in [0.15, 0.2) is 17.3 Å². The van der Waals surface area contributed by atoms with Crippen molar-refractivity contribution in [2.24, 2.45) is 0 Å². The summed E-state index contributed by atoms with van der Waals surface area (Å²) in [5.74, 6) is 1.60. The van der Waals surface area contributed by atoms with Gasteiger partial charge in [-0.25, -0.2) is 4.68 Å². The third-order valence-corrected chi connectivity index (χ3v) is 4.43. The zero-order valence-corrected chi connectivity index (χ0v) is 15.1. The molecule has 136 valence electrons. The summed E-state index contributed by atoms with van der Waals surface area (Å²) in [6.45, 7) is 0.214. The summed E-state index contributed by atoms with van der Waals surface area (Å²) in [6.07, 6.45) is 8.33.